The van der Waals surface area contributed by atoms with Crippen LogP contribution in [-0.2, 0) is 0 Å². The Balaban J connectivity index is 2.78. The zero-order valence-electron chi connectivity index (χ0n) is 8.03. The third-order valence-corrected chi connectivity index (χ3v) is 2.25. The van der Waals surface area contributed by atoms with Crippen LogP contribution in [0.3, 0.4) is 0 Å². The van der Waals surface area contributed by atoms with Crippen LogP contribution in [0.25, 0.3) is 0 Å². The third kappa shape index (κ3) is 3.61. The van der Waals surface area contributed by atoms with Gasteiger partial charge in [-0.05, 0) is 0 Å². The molecule has 1 rings (SSSR count). The second-order valence-electron chi connectivity index (χ2n) is 3.60. The molecule has 0 spiro atoms. The minimum atomic E-state index is 0.153. The van der Waals surface area contributed by atoms with E-state index in [1.165, 1.54) is 6.33 Å². The van der Waals surface area contributed by atoms with Crippen molar-refractivity contribution in [3.05, 3.63) is 12.4 Å². The molecular formula is C8H14N4S. The molecule has 0 aliphatic rings. The largest absolute Gasteiger partial charge is 0.308 e. The number of nitrogens with two attached hydrogens (primary N) is 1. The van der Waals surface area contributed by atoms with Gasteiger partial charge in [0.25, 0.3) is 0 Å². The van der Waals surface area contributed by atoms with Crippen molar-refractivity contribution in [3.63, 3.8) is 0 Å². The van der Waals surface area contributed by atoms with Gasteiger partial charge in [0, 0.05) is 10.8 Å². The highest BCUT2D eigenvalue weighted by molar-refractivity contribution is 8.00. The molecule has 13 heavy (non-hydrogen) atoms. The maximum Gasteiger partial charge on any atom is 0.144 e. The molecule has 72 valence electrons. The average Bonchev–Trinajstić information content (AvgIpc) is 2.01. The summed E-state index contributed by atoms with van der Waals surface area (Å²) >= 11 is 1.68. The number of hydrogen-bond donors (Lipinski definition) is 2. The predicted molar refractivity (Wildman–Crippen MR) is 55.5 cm³/mol. The van der Waals surface area contributed by atoms with Crippen LogP contribution in [0.4, 0.5) is 5.82 Å². The van der Waals surface area contributed by atoms with Crippen molar-refractivity contribution in [3.8, 4) is 0 Å². The molecule has 0 aromatic carbocycles. The first kappa shape index (κ1) is 10.3. The number of rotatable bonds is 2. The molecule has 0 saturated carbocycles. The molecule has 4 nitrogen and oxygen atoms in total. The molecule has 3 N–H and O–H groups in total. The lowest BCUT2D eigenvalue weighted by Gasteiger charge is -2.16. The number of thioether (sulfide) groups is 1. The van der Waals surface area contributed by atoms with Crippen molar-refractivity contribution in [2.45, 2.75) is 30.5 Å². The maximum absolute atomic E-state index is 5.23. The molecule has 0 bridgehead atoms. The van der Waals surface area contributed by atoms with E-state index >= 15 is 0 Å². The first-order valence-electron chi connectivity index (χ1n) is 3.99. The smallest absolute Gasteiger partial charge is 0.144 e. The van der Waals surface area contributed by atoms with Gasteiger partial charge in [0.05, 0.1) is 0 Å². The van der Waals surface area contributed by atoms with Gasteiger partial charge in [-0.25, -0.2) is 15.8 Å². The summed E-state index contributed by atoms with van der Waals surface area (Å²) in [5.41, 5.74) is 2.49. The first-order valence-corrected chi connectivity index (χ1v) is 4.80. The van der Waals surface area contributed by atoms with Crippen LogP contribution in [-0.4, -0.2) is 14.7 Å². The molecule has 0 atom stereocenters. The summed E-state index contributed by atoms with van der Waals surface area (Å²) < 4.78 is 0.153. The molecule has 1 heterocycles. The lowest BCUT2D eigenvalue weighted by Crippen LogP contribution is -2.10. The van der Waals surface area contributed by atoms with Crippen molar-refractivity contribution >= 4 is 17.6 Å². The number of nitrogen functional groups attached to an aromatic ring is 1. The Morgan fingerprint density at radius 2 is 2.08 bits per heavy atom. The molecule has 0 unspecified atom stereocenters. The predicted octanol–water partition coefficient (Wildman–Crippen LogP) is 1.65. The van der Waals surface area contributed by atoms with Crippen LogP contribution < -0.4 is 11.3 Å². The molecule has 0 radical (unpaired) electrons. The van der Waals surface area contributed by atoms with Crippen LogP contribution >= 0.6 is 11.8 Å². The fourth-order valence-corrected chi connectivity index (χ4v) is 1.69. The molecule has 1 aromatic heterocycles. The highest BCUT2D eigenvalue weighted by Crippen LogP contribution is 2.30. The average molecular weight is 198 g/mol. The highest BCUT2D eigenvalue weighted by Gasteiger charge is 2.13. The number of hydrogen-bond acceptors (Lipinski definition) is 5. The van der Waals surface area contributed by atoms with Crippen LogP contribution in [0.5, 0.6) is 0 Å². The van der Waals surface area contributed by atoms with Crippen LogP contribution in [0, 0.1) is 0 Å². The summed E-state index contributed by atoms with van der Waals surface area (Å²) in [5, 5.41) is 0.926. The van der Waals surface area contributed by atoms with Crippen molar-refractivity contribution in [2.75, 3.05) is 5.43 Å². The normalized spacial score (nSPS) is 11.4. The topological polar surface area (TPSA) is 63.8 Å². The Bertz CT molecular complexity index is 282. The zero-order valence-corrected chi connectivity index (χ0v) is 8.85. The van der Waals surface area contributed by atoms with Crippen molar-refractivity contribution < 1.29 is 0 Å². The lowest BCUT2D eigenvalue weighted by molar-refractivity contribution is 0.798. The lowest BCUT2D eigenvalue weighted by atomic mass is 10.3. The SMILES string of the molecule is CC(C)(C)Sc1cc(NN)ncn1. The van der Waals surface area contributed by atoms with E-state index in [4.69, 9.17) is 5.84 Å². The van der Waals surface area contributed by atoms with E-state index < -0.39 is 0 Å². The van der Waals surface area contributed by atoms with Gasteiger partial charge in [0.1, 0.15) is 17.2 Å². The van der Waals surface area contributed by atoms with Gasteiger partial charge in [0.2, 0.25) is 0 Å². The Labute approximate surface area is 82.3 Å². The first-order chi connectivity index (χ1) is 6.01. The maximum atomic E-state index is 5.23. The molecule has 0 amide bonds. The van der Waals surface area contributed by atoms with Gasteiger partial charge < -0.3 is 5.43 Å². The molecule has 0 fully saturated rings. The molecular weight excluding hydrogens is 184 g/mol. The molecule has 5 heteroatoms. The Morgan fingerprint density at radius 3 is 2.62 bits per heavy atom. The summed E-state index contributed by atoms with van der Waals surface area (Å²) in [6.45, 7) is 6.40. The minimum Gasteiger partial charge on any atom is -0.308 e. The van der Waals surface area contributed by atoms with E-state index in [9.17, 15) is 0 Å². The molecule has 1 aromatic rings. The summed E-state index contributed by atoms with van der Waals surface area (Å²) in [4.78, 5) is 8.06. The quantitative estimate of drug-likeness (QED) is 0.327. The van der Waals surface area contributed by atoms with Gasteiger partial charge in [-0.2, -0.15) is 0 Å². The van der Waals surface area contributed by atoms with E-state index in [-0.39, 0.29) is 4.75 Å². The number of aromatic nitrogens is 2. The van der Waals surface area contributed by atoms with Crippen molar-refractivity contribution in [1.29, 1.82) is 0 Å². The van der Waals surface area contributed by atoms with Gasteiger partial charge in [-0.15, -0.1) is 11.8 Å². The molecule has 0 aliphatic carbocycles. The minimum absolute atomic E-state index is 0.153. The summed E-state index contributed by atoms with van der Waals surface area (Å²) in [6.07, 6.45) is 1.50. The zero-order chi connectivity index (χ0) is 9.90. The van der Waals surface area contributed by atoms with E-state index in [0.29, 0.717) is 5.82 Å². The highest BCUT2D eigenvalue weighted by atomic mass is 32.2. The Hall–Kier alpha value is -0.810. The molecule has 0 saturated heterocycles. The second kappa shape index (κ2) is 3.93. The van der Waals surface area contributed by atoms with E-state index in [0.717, 1.165) is 5.03 Å². The van der Waals surface area contributed by atoms with E-state index in [1.807, 2.05) is 6.07 Å². The van der Waals surface area contributed by atoms with E-state index in [2.05, 4.69) is 36.2 Å². The number of nitrogens with zero attached hydrogens (tertiary/aromatic N) is 2. The van der Waals surface area contributed by atoms with Gasteiger partial charge in [-0.1, -0.05) is 20.8 Å². The van der Waals surface area contributed by atoms with Gasteiger partial charge in [-0.3, -0.25) is 0 Å². The number of nitrogens with one attached hydrogen (secondary N) is 1. The van der Waals surface area contributed by atoms with Crippen molar-refractivity contribution in [2.24, 2.45) is 5.84 Å². The molecule has 0 aliphatic heterocycles. The van der Waals surface area contributed by atoms with E-state index in [1.54, 1.807) is 11.8 Å². The summed E-state index contributed by atoms with van der Waals surface area (Å²) in [7, 11) is 0. The Morgan fingerprint density at radius 1 is 1.38 bits per heavy atom. The number of anilines is 1. The van der Waals surface area contributed by atoms with Gasteiger partial charge >= 0.3 is 0 Å². The fourth-order valence-electron chi connectivity index (χ4n) is 0.788. The van der Waals surface area contributed by atoms with Crippen LogP contribution in [0.2, 0.25) is 0 Å². The van der Waals surface area contributed by atoms with Crippen LogP contribution in [0.15, 0.2) is 17.4 Å². The number of hydrazine groups is 1. The second-order valence-corrected chi connectivity index (χ2v) is 5.45. The van der Waals surface area contributed by atoms with Crippen LogP contribution in [0.1, 0.15) is 20.8 Å². The summed E-state index contributed by atoms with van der Waals surface area (Å²) in [5.74, 6) is 5.87. The van der Waals surface area contributed by atoms with Gasteiger partial charge in [0.15, 0.2) is 0 Å². The summed E-state index contributed by atoms with van der Waals surface area (Å²) in [6, 6.07) is 1.83. The van der Waals surface area contributed by atoms with Crippen molar-refractivity contribution in [1.82, 2.24) is 9.97 Å². The standard InChI is InChI=1S/C8H14N4S/c1-8(2,3)13-7-4-6(12-9)10-5-11-7/h4-5H,9H2,1-3H3,(H,10,11,12). The Kier molecular flexibility index (Phi) is 3.11. The fraction of sp³-hybridized carbons (Fsp3) is 0.500. The monoisotopic (exact) mass is 198 g/mol. The third-order valence-electron chi connectivity index (χ3n) is 1.20.